The zero-order valence-corrected chi connectivity index (χ0v) is 15.9. The number of ether oxygens (including phenoxy) is 1. The molecule has 1 aliphatic carbocycles. The Balaban J connectivity index is 1.83. The van der Waals surface area contributed by atoms with Crippen LogP contribution < -0.4 is 0 Å². The minimum atomic E-state index is -1.21. The molecule has 5 heteroatoms. The number of methoxy groups -OCH3 is 1. The molecule has 0 unspecified atom stereocenters. The van der Waals surface area contributed by atoms with Crippen LogP contribution in [-0.2, 0) is 14.9 Å². The van der Waals surface area contributed by atoms with Crippen molar-refractivity contribution in [1.29, 1.82) is 0 Å². The molecule has 1 spiro atoms. The predicted molar refractivity (Wildman–Crippen MR) is 102 cm³/mol. The summed E-state index contributed by atoms with van der Waals surface area (Å²) in [5.74, 6) is -0.381. The number of aliphatic imine (C=N–C) groups is 1. The highest BCUT2D eigenvalue weighted by molar-refractivity contribution is 6.49. The summed E-state index contributed by atoms with van der Waals surface area (Å²) in [7, 11) is 1.42. The lowest BCUT2D eigenvalue weighted by Crippen LogP contribution is -2.68. The minimum absolute atomic E-state index is 0.152. The molecular weight excluding hydrogens is 348 g/mol. The van der Waals surface area contributed by atoms with Crippen molar-refractivity contribution < 1.29 is 9.53 Å². The Labute approximate surface area is 158 Å². The van der Waals surface area contributed by atoms with Crippen LogP contribution in [0.25, 0.3) is 0 Å². The molecule has 136 valence electrons. The van der Waals surface area contributed by atoms with Crippen LogP contribution in [0.2, 0.25) is 0 Å². The van der Waals surface area contributed by atoms with Crippen LogP contribution in [0.4, 0.5) is 5.69 Å². The van der Waals surface area contributed by atoms with Gasteiger partial charge in [0.2, 0.25) is 0 Å². The Bertz CT molecular complexity index is 865. The molecule has 1 aromatic rings. The van der Waals surface area contributed by atoms with Gasteiger partial charge in [-0.1, -0.05) is 48.9 Å². The van der Waals surface area contributed by atoms with Crippen LogP contribution in [0.1, 0.15) is 31.7 Å². The van der Waals surface area contributed by atoms with Crippen LogP contribution >= 0.6 is 11.6 Å². The summed E-state index contributed by atoms with van der Waals surface area (Å²) in [5.41, 5.74) is 2.54. The van der Waals surface area contributed by atoms with Gasteiger partial charge in [-0.25, -0.2) is 4.79 Å². The van der Waals surface area contributed by atoms with Crippen LogP contribution in [0.15, 0.2) is 41.4 Å². The van der Waals surface area contributed by atoms with E-state index in [1.807, 2.05) is 12.1 Å². The van der Waals surface area contributed by atoms with E-state index in [2.05, 4.69) is 36.1 Å². The molecule has 4 nitrogen and oxygen atoms in total. The lowest BCUT2D eigenvalue weighted by Gasteiger charge is -2.57. The van der Waals surface area contributed by atoms with Gasteiger partial charge in [0.25, 0.3) is 0 Å². The van der Waals surface area contributed by atoms with Gasteiger partial charge in [-0.15, -0.1) is 0 Å². The van der Waals surface area contributed by atoms with E-state index in [4.69, 9.17) is 21.3 Å². The average Bonchev–Trinajstić information content (AvgIpc) is 3.23. The van der Waals surface area contributed by atoms with Crippen molar-refractivity contribution in [3.05, 3.63) is 42.0 Å². The summed E-state index contributed by atoms with van der Waals surface area (Å²) in [5, 5.41) is 0. The zero-order valence-electron chi connectivity index (χ0n) is 15.2. The maximum atomic E-state index is 12.9. The van der Waals surface area contributed by atoms with Gasteiger partial charge >= 0.3 is 5.97 Å². The number of benzene rings is 1. The second-order valence-corrected chi connectivity index (χ2v) is 8.70. The molecule has 0 N–H and O–H groups in total. The summed E-state index contributed by atoms with van der Waals surface area (Å²) in [4.78, 5) is 19.2. The van der Waals surface area contributed by atoms with Crippen LogP contribution in [0, 0.1) is 5.41 Å². The van der Waals surface area contributed by atoms with Crippen molar-refractivity contribution >= 4 is 29.0 Å². The van der Waals surface area contributed by atoms with E-state index >= 15 is 0 Å². The van der Waals surface area contributed by atoms with Crippen LogP contribution in [-0.4, -0.2) is 47.7 Å². The molecule has 3 heterocycles. The van der Waals surface area contributed by atoms with E-state index in [0.717, 1.165) is 37.3 Å². The molecular formula is C21H23ClN2O2. The first-order chi connectivity index (χ1) is 12.5. The number of carbonyl (C=O) groups excluding carboxylic acids is 1. The maximum Gasteiger partial charge on any atom is 0.332 e. The van der Waals surface area contributed by atoms with Crippen LogP contribution in [0.3, 0.4) is 0 Å². The highest BCUT2D eigenvalue weighted by atomic mass is 35.5. The molecule has 1 saturated heterocycles. The Morgan fingerprint density at radius 2 is 2.23 bits per heavy atom. The van der Waals surface area contributed by atoms with E-state index in [0.29, 0.717) is 12.5 Å². The topological polar surface area (TPSA) is 41.9 Å². The highest BCUT2D eigenvalue weighted by Gasteiger charge is 2.71. The van der Waals surface area contributed by atoms with Crippen molar-refractivity contribution in [3.63, 3.8) is 0 Å². The van der Waals surface area contributed by atoms with Gasteiger partial charge < -0.3 is 4.74 Å². The lowest BCUT2D eigenvalue weighted by molar-refractivity contribution is -0.143. The molecule has 4 aliphatic rings. The third-order valence-electron chi connectivity index (χ3n) is 7.11. The molecule has 1 aromatic carbocycles. The van der Waals surface area contributed by atoms with Crippen LogP contribution in [0.5, 0.6) is 0 Å². The van der Waals surface area contributed by atoms with Gasteiger partial charge in [-0.2, -0.15) is 0 Å². The molecule has 0 aromatic heterocycles. The van der Waals surface area contributed by atoms with E-state index in [-0.39, 0.29) is 16.8 Å². The molecule has 2 fully saturated rings. The Hall–Kier alpha value is -1.65. The number of carbonyl (C=O) groups is 1. The summed E-state index contributed by atoms with van der Waals surface area (Å²) in [6, 6.07) is 8.59. The first-order valence-corrected chi connectivity index (χ1v) is 9.78. The van der Waals surface area contributed by atoms with E-state index in [1.54, 1.807) is 0 Å². The molecule has 3 aliphatic heterocycles. The average molecular weight is 371 g/mol. The summed E-state index contributed by atoms with van der Waals surface area (Å²) >= 11 is 7.13. The predicted octanol–water partition coefficient (Wildman–Crippen LogP) is 3.61. The number of rotatable bonds is 2. The highest BCUT2D eigenvalue weighted by Crippen LogP contribution is 2.64. The molecule has 0 radical (unpaired) electrons. The summed E-state index contributed by atoms with van der Waals surface area (Å²) in [6.07, 6.45) is 6.99. The first kappa shape index (κ1) is 16.5. The molecule has 0 bridgehead atoms. The number of hydrogen-bond acceptors (Lipinski definition) is 4. The SMILES string of the molecule is CC[C@@]12C=CCN3CC[C@@]4(C(=Nc5ccccc54)[C@](Cl)(C(=O)OC)C1)[C@H]32. The third-order valence-corrected chi connectivity index (χ3v) is 7.58. The first-order valence-electron chi connectivity index (χ1n) is 9.40. The van der Waals surface area contributed by atoms with Crippen molar-refractivity contribution in [2.45, 2.75) is 42.5 Å². The second-order valence-electron chi connectivity index (χ2n) is 8.05. The van der Waals surface area contributed by atoms with Gasteiger partial charge in [0.05, 0.1) is 23.9 Å². The number of hydrogen-bond donors (Lipinski definition) is 0. The number of para-hydroxylation sites is 1. The van der Waals surface area contributed by atoms with Crippen molar-refractivity contribution in [2.75, 3.05) is 20.2 Å². The lowest BCUT2D eigenvalue weighted by atomic mass is 9.51. The number of fused-ring (bicyclic) bond motifs is 1. The third kappa shape index (κ3) is 1.70. The number of nitrogens with zero attached hydrogens (tertiary/aromatic N) is 2. The Morgan fingerprint density at radius 1 is 1.42 bits per heavy atom. The molecule has 1 saturated carbocycles. The van der Waals surface area contributed by atoms with E-state index < -0.39 is 4.87 Å². The smallest absolute Gasteiger partial charge is 0.332 e. The normalized spacial score (nSPS) is 39.8. The van der Waals surface area contributed by atoms with Crippen molar-refractivity contribution in [3.8, 4) is 0 Å². The number of esters is 1. The monoisotopic (exact) mass is 370 g/mol. The standard InChI is InChI=1S/C21H23ClN2O2/c1-3-19-9-6-11-24-12-10-20(17(19)24)14-7-4-5-8-15(14)23-16(20)21(22,13-19)18(25)26-2/h4-9,17H,3,10-13H2,1-2H3/t17-,19-,20-,21+/m1/s1. The van der Waals surface area contributed by atoms with E-state index in [9.17, 15) is 4.79 Å². The summed E-state index contributed by atoms with van der Waals surface area (Å²) in [6.45, 7) is 4.16. The van der Waals surface area contributed by atoms with Crippen molar-refractivity contribution in [2.24, 2.45) is 10.4 Å². The molecule has 0 amide bonds. The fraction of sp³-hybridized carbons (Fsp3) is 0.524. The minimum Gasteiger partial charge on any atom is -0.467 e. The fourth-order valence-corrected chi connectivity index (χ4v) is 6.73. The van der Waals surface area contributed by atoms with Gasteiger partial charge in [-0.3, -0.25) is 9.89 Å². The number of alkyl halides is 1. The summed E-state index contributed by atoms with van der Waals surface area (Å²) < 4.78 is 5.18. The number of halogens is 1. The molecule has 26 heavy (non-hydrogen) atoms. The molecule has 4 atom stereocenters. The van der Waals surface area contributed by atoms with Gasteiger partial charge in [0.1, 0.15) is 0 Å². The Kier molecular flexibility index (Phi) is 3.31. The van der Waals surface area contributed by atoms with Gasteiger partial charge in [0, 0.05) is 24.5 Å². The zero-order chi connectivity index (χ0) is 18.2. The molecule has 5 rings (SSSR count). The van der Waals surface area contributed by atoms with Crippen molar-refractivity contribution in [1.82, 2.24) is 4.90 Å². The largest absolute Gasteiger partial charge is 0.467 e. The quantitative estimate of drug-likeness (QED) is 0.453. The van der Waals surface area contributed by atoms with E-state index in [1.165, 1.54) is 12.7 Å². The Morgan fingerprint density at radius 3 is 3.00 bits per heavy atom. The van der Waals surface area contributed by atoms with Gasteiger partial charge in [0.15, 0.2) is 4.87 Å². The maximum absolute atomic E-state index is 12.9. The second kappa shape index (κ2) is 5.20. The van der Waals surface area contributed by atoms with Gasteiger partial charge in [-0.05, 0) is 30.9 Å². The fourth-order valence-electron chi connectivity index (χ4n) is 6.19.